The lowest BCUT2D eigenvalue weighted by Gasteiger charge is -2.31. The van der Waals surface area contributed by atoms with E-state index in [1.807, 2.05) is 43.4 Å². The number of fused-ring (bicyclic) bond motifs is 2. The quantitative estimate of drug-likeness (QED) is 0.616. The van der Waals surface area contributed by atoms with Crippen LogP contribution in [0.15, 0.2) is 59.4 Å². The molecule has 0 amide bonds. The van der Waals surface area contributed by atoms with E-state index in [9.17, 15) is 9.59 Å². The summed E-state index contributed by atoms with van der Waals surface area (Å²) in [6, 6.07) is 16.4. The molecule has 1 saturated heterocycles. The largest absolute Gasteiger partial charge is 0.443 e. The maximum atomic E-state index is 13.0. The van der Waals surface area contributed by atoms with Gasteiger partial charge in [-0.2, -0.15) is 0 Å². The molecule has 0 N–H and O–H groups in total. The number of carbonyl (C=O) groups excluding carboxylic acids is 1. The number of ether oxygens (including phenoxy) is 1. The van der Waals surface area contributed by atoms with Crippen LogP contribution in [0.25, 0.3) is 21.5 Å². The van der Waals surface area contributed by atoms with Crippen molar-refractivity contribution in [2.45, 2.75) is 25.5 Å². The van der Waals surface area contributed by atoms with Crippen LogP contribution in [0.3, 0.4) is 0 Å². The first kappa shape index (κ1) is 19.3. The number of piperidine rings is 1. The first-order valence-corrected chi connectivity index (χ1v) is 9.01. The molecule has 5 heteroatoms. The second kappa shape index (κ2) is 8.07. The maximum absolute atomic E-state index is 13.0. The molecule has 3 aromatic rings. The van der Waals surface area contributed by atoms with Gasteiger partial charge in [0.25, 0.3) is 0 Å². The van der Waals surface area contributed by atoms with Gasteiger partial charge in [-0.15, -0.1) is 12.4 Å². The molecule has 1 fully saturated rings. The van der Waals surface area contributed by atoms with Crippen molar-refractivity contribution in [3.63, 3.8) is 0 Å². The average Bonchev–Trinajstić information content (AvgIpc) is 2.79. The number of carbonyl (C=O) groups is 1. The molecule has 27 heavy (non-hydrogen) atoms. The highest BCUT2D eigenvalue weighted by atomic mass is 35.5. The average molecular weight is 384 g/mol. The summed E-state index contributed by atoms with van der Waals surface area (Å²) in [4.78, 5) is 28.0. The molecule has 140 valence electrons. The fraction of sp³-hybridized carbons (Fsp3) is 0.273. The molecule has 0 aromatic heterocycles. The Morgan fingerprint density at radius 1 is 1.00 bits per heavy atom. The van der Waals surface area contributed by atoms with Gasteiger partial charge in [-0.05, 0) is 37.8 Å². The van der Waals surface area contributed by atoms with Gasteiger partial charge < -0.3 is 4.74 Å². The molecule has 0 saturated carbocycles. The SMILES string of the molecule is CN1CCCCC1OC(=O)c1cc2ccccc2c(=O)c2ccccc12.Cl. The number of benzene rings is 2. The molecule has 4 rings (SSSR count). The standard InChI is InChI=1S/C22H21NO3.ClH/c1-23-13-7-6-12-20(23)26-22(25)19-14-15-8-2-3-9-16(15)21(24)18-11-5-4-10-17(18)19;/h2-5,8-11,14,20H,6-7,12-13H2,1H3;1H. The summed E-state index contributed by atoms with van der Waals surface area (Å²) in [5, 5.41) is 2.53. The highest BCUT2D eigenvalue weighted by Gasteiger charge is 2.24. The van der Waals surface area contributed by atoms with Gasteiger partial charge in [-0.1, -0.05) is 48.5 Å². The Morgan fingerprint density at radius 2 is 1.67 bits per heavy atom. The van der Waals surface area contributed by atoms with Crippen LogP contribution < -0.4 is 5.43 Å². The number of halogens is 1. The van der Waals surface area contributed by atoms with Crippen molar-refractivity contribution in [3.8, 4) is 0 Å². The van der Waals surface area contributed by atoms with E-state index >= 15 is 0 Å². The van der Waals surface area contributed by atoms with E-state index in [1.54, 1.807) is 18.2 Å². The maximum Gasteiger partial charge on any atom is 0.340 e. The van der Waals surface area contributed by atoms with Crippen LogP contribution in [0.5, 0.6) is 0 Å². The first-order valence-electron chi connectivity index (χ1n) is 9.01. The van der Waals surface area contributed by atoms with Crippen molar-refractivity contribution < 1.29 is 9.53 Å². The van der Waals surface area contributed by atoms with Gasteiger partial charge in [0.1, 0.15) is 0 Å². The number of likely N-dealkylation sites (tertiary alicyclic amines) is 1. The van der Waals surface area contributed by atoms with E-state index in [4.69, 9.17) is 4.74 Å². The molecule has 1 aliphatic heterocycles. The van der Waals surface area contributed by atoms with Crippen LogP contribution in [0.4, 0.5) is 0 Å². The lowest BCUT2D eigenvalue weighted by atomic mass is 10.1. The third-order valence-corrected chi connectivity index (χ3v) is 5.13. The Morgan fingerprint density at radius 3 is 2.41 bits per heavy atom. The number of hydrogen-bond acceptors (Lipinski definition) is 4. The number of hydrogen-bond donors (Lipinski definition) is 0. The van der Waals surface area contributed by atoms with Gasteiger partial charge in [-0.25, -0.2) is 4.79 Å². The minimum Gasteiger partial charge on any atom is -0.443 e. The number of esters is 1. The highest BCUT2D eigenvalue weighted by Crippen LogP contribution is 2.23. The Hall–Kier alpha value is -2.43. The lowest BCUT2D eigenvalue weighted by molar-refractivity contribution is -0.0391. The minimum atomic E-state index is -0.374. The Balaban J connectivity index is 0.00000210. The third kappa shape index (κ3) is 3.68. The fourth-order valence-electron chi connectivity index (χ4n) is 3.67. The molecule has 0 radical (unpaired) electrons. The zero-order chi connectivity index (χ0) is 18.1. The Kier molecular flexibility index (Phi) is 5.78. The Labute approximate surface area is 164 Å². The van der Waals surface area contributed by atoms with Gasteiger partial charge in [0.2, 0.25) is 0 Å². The molecule has 3 aromatic carbocycles. The number of nitrogens with zero attached hydrogens (tertiary/aromatic N) is 1. The van der Waals surface area contributed by atoms with Crippen LogP contribution in [-0.2, 0) is 4.74 Å². The van der Waals surface area contributed by atoms with Crippen molar-refractivity contribution >= 4 is 39.9 Å². The predicted molar refractivity (Wildman–Crippen MR) is 111 cm³/mol. The monoisotopic (exact) mass is 383 g/mol. The molecule has 4 nitrogen and oxygen atoms in total. The van der Waals surface area contributed by atoms with Crippen LogP contribution in [0, 0.1) is 0 Å². The minimum absolute atomic E-state index is 0. The summed E-state index contributed by atoms with van der Waals surface area (Å²) >= 11 is 0. The van der Waals surface area contributed by atoms with Crippen molar-refractivity contribution in [3.05, 3.63) is 70.4 Å². The highest BCUT2D eigenvalue weighted by molar-refractivity contribution is 6.08. The second-order valence-electron chi connectivity index (χ2n) is 6.86. The van der Waals surface area contributed by atoms with Crippen molar-refractivity contribution in [2.24, 2.45) is 0 Å². The normalized spacial score (nSPS) is 17.4. The summed E-state index contributed by atoms with van der Waals surface area (Å²) in [7, 11) is 1.98. The summed E-state index contributed by atoms with van der Waals surface area (Å²) in [5.41, 5.74) is 0.378. The van der Waals surface area contributed by atoms with Gasteiger partial charge in [0, 0.05) is 22.7 Å². The van der Waals surface area contributed by atoms with Gasteiger partial charge in [0.15, 0.2) is 11.7 Å². The molecule has 1 atom stereocenters. The molecule has 0 aliphatic carbocycles. The molecular weight excluding hydrogens is 362 g/mol. The first-order chi connectivity index (χ1) is 12.6. The summed E-state index contributed by atoms with van der Waals surface area (Å²) in [6.07, 6.45) is 2.81. The van der Waals surface area contributed by atoms with E-state index < -0.39 is 0 Å². The summed E-state index contributed by atoms with van der Waals surface area (Å²) in [6.45, 7) is 0.925. The van der Waals surface area contributed by atoms with Crippen molar-refractivity contribution in [2.75, 3.05) is 13.6 Å². The fourth-order valence-corrected chi connectivity index (χ4v) is 3.67. The van der Waals surface area contributed by atoms with Crippen molar-refractivity contribution in [1.29, 1.82) is 0 Å². The topological polar surface area (TPSA) is 46.6 Å². The van der Waals surface area contributed by atoms with Crippen LogP contribution in [0.2, 0.25) is 0 Å². The van der Waals surface area contributed by atoms with E-state index in [0.717, 1.165) is 31.2 Å². The molecule has 1 heterocycles. The van der Waals surface area contributed by atoms with Crippen molar-refractivity contribution in [1.82, 2.24) is 4.90 Å². The van der Waals surface area contributed by atoms with E-state index in [-0.39, 0.29) is 30.0 Å². The molecule has 0 spiro atoms. The van der Waals surface area contributed by atoms with E-state index in [0.29, 0.717) is 21.7 Å². The molecule has 1 aliphatic rings. The zero-order valence-electron chi connectivity index (χ0n) is 15.2. The predicted octanol–water partition coefficient (Wildman–Crippen LogP) is 4.37. The van der Waals surface area contributed by atoms with Gasteiger partial charge >= 0.3 is 5.97 Å². The number of rotatable bonds is 2. The third-order valence-electron chi connectivity index (χ3n) is 5.13. The van der Waals surface area contributed by atoms with Crippen LogP contribution in [0.1, 0.15) is 29.6 Å². The lowest BCUT2D eigenvalue weighted by Crippen LogP contribution is -2.39. The summed E-state index contributed by atoms with van der Waals surface area (Å²) < 4.78 is 5.81. The summed E-state index contributed by atoms with van der Waals surface area (Å²) in [5.74, 6) is -0.374. The second-order valence-corrected chi connectivity index (χ2v) is 6.86. The van der Waals surface area contributed by atoms with Gasteiger partial charge in [0.05, 0.1) is 5.56 Å². The molecule has 1 unspecified atom stereocenters. The van der Waals surface area contributed by atoms with Crippen LogP contribution in [-0.4, -0.2) is 30.7 Å². The zero-order valence-corrected chi connectivity index (χ0v) is 16.0. The Bertz CT molecular complexity index is 1050. The smallest absolute Gasteiger partial charge is 0.340 e. The molecular formula is C22H22ClNO3. The van der Waals surface area contributed by atoms with E-state index in [1.165, 1.54) is 0 Å². The molecule has 0 bridgehead atoms. The van der Waals surface area contributed by atoms with E-state index in [2.05, 4.69) is 4.90 Å². The van der Waals surface area contributed by atoms with Gasteiger partial charge in [-0.3, -0.25) is 9.69 Å². The van der Waals surface area contributed by atoms with Crippen LogP contribution >= 0.6 is 12.4 Å².